The maximum absolute atomic E-state index is 12.4. The summed E-state index contributed by atoms with van der Waals surface area (Å²) in [5.74, 6) is 0.128. The lowest BCUT2D eigenvalue weighted by atomic mass is 10.1. The number of carbonyl (C=O) groups is 1. The third-order valence-corrected chi connectivity index (χ3v) is 4.89. The molecule has 0 radical (unpaired) electrons. The first kappa shape index (κ1) is 18.9. The van der Waals surface area contributed by atoms with Crippen molar-refractivity contribution in [2.24, 2.45) is 0 Å². The molecule has 0 saturated carbocycles. The minimum atomic E-state index is -0.262. The zero-order valence-electron chi connectivity index (χ0n) is 16.2. The summed E-state index contributed by atoms with van der Waals surface area (Å²) in [6, 6.07) is 15.4. The number of anilines is 3. The number of hydrogen-bond acceptors (Lipinski definition) is 6. The Bertz CT molecular complexity index is 939. The van der Waals surface area contributed by atoms with E-state index in [4.69, 9.17) is 0 Å². The second kappa shape index (κ2) is 9.14. The van der Waals surface area contributed by atoms with E-state index in [-0.39, 0.29) is 5.91 Å². The van der Waals surface area contributed by atoms with Crippen molar-refractivity contribution >= 4 is 23.2 Å². The van der Waals surface area contributed by atoms with Crippen LogP contribution in [0.3, 0.4) is 0 Å². The number of aromatic nitrogens is 3. The number of carbonyl (C=O) groups excluding carboxylic acids is 1. The zero-order chi connectivity index (χ0) is 19.9. The molecule has 0 bridgehead atoms. The van der Waals surface area contributed by atoms with Gasteiger partial charge >= 0.3 is 0 Å². The van der Waals surface area contributed by atoms with Crippen molar-refractivity contribution in [1.29, 1.82) is 0 Å². The average Bonchev–Trinajstić information content (AvgIpc) is 2.79. The number of piperidine rings is 1. The normalized spacial score (nSPS) is 13.7. The number of pyridine rings is 1. The van der Waals surface area contributed by atoms with Crippen LogP contribution >= 0.6 is 0 Å². The molecule has 1 aromatic carbocycles. The van der Waals surface area contributed by atoms with Crippen LogP contribution in [0.2, 0.25) is 0 Å². The molecule has 1 aliphatic heterocycles. The Morgan fingerprint density at radius 2 is 1.76 bits per heavy atom. The highest BCUT2D eigenvalue weighted by Crippen LogP contribution is 2.22. The predicted molar refractivity (Wildman–Crippen MR) is 113 cm³/mol. The Labute approximate surface area is 170 Å². The largest absolute Gasteiger partial charge is 0.372 e. The van der Waals surface area contributed by atoms with Gasteiger partial charge in [-0.15, -0.1) is 0 Å². The maximum atomic E-state index is 12.4. The maximum Gasteiger partial charge on any atom is 0.270 e. The standard InChI is InChI=1S/C22H24N6O/c29-21(25-16-18-6-2-3-12-23-18)20-11-13-24-22(27-20)26-17-7-9-19(10-8-17)28-14-4-1-5-15-28/h2-3,6-13H,1,4-5,14-16H2,(H,25,29)(H,24,26,27). The van der Waals surface area contributed by atoms with Crippen LogP contribution in [-0.4, -0.2) is 33.9 Å². The fourth-order valence-corrected chi connectivity index (χ4v) is 3.35. The van der Waals surface area contributed by atoms with E-state index in [0.29, 0.717) is 18.2 Å². The zero-order valence-corrected chi connectivity index (χ0v) is 16.2. The summed E-state index contributed by atoms with van der Waals surface area (Å²) in [5.41, 5.74) is 3.22. The Hall–Kier alpha value is -3.48. The molecule has 0 unspecified atom stereocenters. The second-order valence-corrected chi connectivity index (χ2v) is 6.99. The average molecular weight is 388 g/mol. The van der Waals surface area contributed by atoms with Gasteiger partial charge in [0.1, 0.15) is 5.69 Å². The van der Waals surface area contributed by atoms with Crippen molar-refractivity contribution in [3.63, 3.8) is 0 Å². The minimum absolute atomic E-state index is 0.262. The van der Waals surface area contributed by atoms with Gasteiger partial charge in [0, 0.05) is 36.9 Å². The summed E-state index contributed by atoms with van der Waals surface area (Å²) in [5, 5.41) is 6.00. The minimum Gasteiger partial charge on any atom is -0.372 e. The fraction of sp³-hybridized carbons (Fsp3) is 0.273. The predicted octanol–water partition coefficient (Wildman–Crippen LogP) is 3.54. The van der Waals surface area contributed by atoms with Crippen molar-refractivity contribution in [2.45, 2.75) is 25.8 Å². The van der Waals surface area contributed by atoms with Crippen LogP contribution < -0.4 is 15.5 Å². The van der Waals surface area contributed by atoms with Gasteiger partial charge < -0.3 is 15.5 Å². The molecule has 148 valence electrons. The van der Waals surface area contributed by atoms with Crippen LogP contribution in [-0.2, 0) is 6.54 Å². The molecular formula is C22H24N6O. The molecule has 0 aliphatic carbocycles. The van der Waals surface area contributed by atoms with Gasteiger partial charge in [0.25, 0.3) is 5.91 Å². The SMILES string of the molecule is O=C(NCc1ccccn1)c1ccnc(Nc2ccc(N3CCCCC3)cc2)n1. The van der Waals surface area contributed by atoms with Gasteiger partial charge in [0.05, 0.1) is 12.2 Å². The Morgan fingerprint density at radius 3 is 2.52 bits per heavy atom. The van der Waals surface area contributed by atoms with E-state index in [1.54, 1.807) is 18.5 Å². The van der Waals surface area contributed by atoms with Crippen LogP contribution in [0.15, 0.2) is 60.9 Å². The molecule has 3 heterocycles. The topological polar surface area (TPSA) is 83.0 Å². The third-order valence-electron chi connectivity index (χ3n) is 4.89. The molecule has 7 heteroatoms. The first-order chi connectivity index (χ1) is 14.3. The molecule has 1 fully saturated rings. The molecule has 4 rings (SSSR count). The number of hydrogen-bond donors (Lipinski definition) is 2. The Balaban J connectivity index is 1.37. The lowest BCUT2D eigenvalue weighted by molar-refractivity contribution is 0.0945. The molecule has 7 nitrogen and oxygen atoms in total. The third kappa shape index (κ3) is 5.07. The van der Waals surface area contributed by atoms with Crippen molar-refractivity contribution in [3.05, 3.63) is 72.3 Å². The molecule has 0 atom stereocenters. The summed E-state index contributed by atoms with van der Waals surface area (Å²) in [7, 11) is 0. The molecule has 2 N–H and O–H groups in total. The Morgan fingerprint density at radius 1 is 0.931 bits per heavy atom. The molecule has 1 saturated heterocycles. The van der Waals surface area contributed by atoms with Gasteiger partial charge in [-0.1, -0.05) is 6.07 Å². The monoisotopic (exact) mass is 388 g/mol. The van der Waals surface area contributed by atoms with Crippen LogP contribution in [0, 0.1) is 0 Å². The summed E-state index contributed by atoms with van der Waals surface area (Å²) < 4.78 is 0. The summed E-state index contributed by atoms with van der Waals surface area (Å²) in [4.78, 5) is 27.5. The molecule has 1 amide bonds. The van der Waals surface area contributed by atoms with E-state index >= 15 is 0 Å². The van der Waals surface area contributed by atoms with Gasteiger partial charge in [0.2, 0.25) is 5.95 Å². The van der Waals surface area contributed by atoms with Crippen LogP contribution in [0.4, 0.5) is 17.3 Å². The van der Waals surface area contributed by atoms with E-state index in [9.17, 15) is 4.79 Å². The Kier molecular flexibility index (Phi) is 5.95. The highest BCUT2D eigenvalue weighted by molar-refractivity contribution is 5.92. The van der Waals surface area contributed by atoms with Crippen LogP contribution in [0.5, 0.6) is 0 Å². The molecular weight excluding hydrogens is 364 g/mol. The number of amides is 1. The van der Waals surface area contributed by atoms with Gasteiger partial charge in [-0.25, -0.2) is 9.97 Å². The van der Waals surface area contributed by atoms with Crippen molar-refractivity contribution in [3.8, 4) is 0 Å². The van der Waals surface area contributed by atoms with Gasteiger partial charge in [-0.3, -0.25) is 9.78 Å². The molecule has 2 aromatic heterocycles. The van der Waals surface area contributed by atoms with Crippen LogP contribution in [0.25, 0.3) is 0 Å². The van der Waals surface area contributed by atoms with E-state index in [2.05, 4.69) is 42.6 Å². The summed E-state index contributed by atoms with van der Waals surface area (Å²) in [6.07, 6.45) is 7.10. The van der Waals surface area contributed by atoms with E-state index in [0.717, 1.165) is 24.5 Å². The highest BCUT2D eigenvalue weighted by Gasteiger charge is 2.11. The number of rotatable bonds is 6. The molecule has 29 heavy (non-hydrogen) atoms. The number of nitrogens with zero attached hydrogens (tertiary/aromatic N) is 4. The number of benzene rings is 1. The van der Waals surface area contributed by atoms with Crippen molar-refractivity contribution in [1.82, 2.24) is 20.3 Å². The lowest BCUT2D eigenvalue weighted by Gasteiger charge is -2.28. The summed E-state index contributed by atoms with van der Waals surface area (Å²) >= 11 is 0. The van der Waals surface area contributed by atoms with E-state index < -0.39 is 0 Å². The van der Waals surface area contributed by atoms with Crippen LogP contribution in [0.1, 0.15) is 35.4 Å². The first-order valence-electron chi connectivity index (χ1n) is 9.91. The quantitative estimate of drug-likeness (QED) is 0.672. The first-order valence-corrected chi connectivity index (χ1v) is 9.91. The number of nitrogens with one attached hydrogen (secondary N) is 2. The van der Waals surface area contributed by atoms with E-state index in [1.165, 1.54) is 24.9 Å². The van der Waals surface area contributed by atoms with E-state index in [1.807, 2.05) is 30.3 Å². The van der Waals surface area contributed by atoms with Gasteiger partial charge in [0.15, 0.2) is 0 Å². The molecule has 0 spiro atoms. The smallest absolute Gasteiger partial charge is 0.270 e. The molecule has 3 aromatic rings. The lowest BCUT2D eigenvalue weighted by Crippen LogP contribution is -2.29. The molecule has 1 aliphatic rings. The van der Waals surface area contributed by atoms with Gasteiger partial charge in [-0.2, -0.15) is 0 Å². The van der Waals surface area contributed by atoms with Crippen molar-refractivity contribution in [2.75, 3.05) is 23.3 Å². The summed E-state index contributed by atoms with van der Waals surface area (Å²) in [6.45, 7) is 2.58. The van der Waals surface area contributed by atoms with Crippen molar-refractivity contribution < 1.29 is 4.79 Å². The van der Waals surface area contributed by atoms with Gasteiger partial charge in [-0.05, 0) is 61.7 Å². The fourth-order valence-electron chi connectivity index (χ4n) is 3.35. The second-order valence-electron chi connectivity index (χ2n) is 6.99. The highest BCUT2D eigenvalue weighted by atomic mass is 16.1.